The van der Waals surface area contributed by atoms with Crippen molar-refractivity contribution in [1.29, 1.82) is 0 Å². The van der Waals surface area contributed by atoms with E-state index in [9.17, 15) is 18.0 Å². The van der Waals surface area contributed by atoms with Crippen LogP contribution in [-0.4, -0.2) is 51.4 Å². The Labute approximate surface area is 238 Å². The van der Waals surface area contributed by atoms with E-state index in [0.29, 0.717) is 12.3 Å². The summed E-state index contributed by atoms with van der Waals surface area (Å²) in [6, 6.07) is 19.9. The summed E-state index contributed by atoms with van der Waals surface area (Å²) >= 11 is 0. The molecule has 0 radical (unpaired) electrons. The topological polar surface area (TPSA) is 96.0 Å². The number of unbranched alkanes of at least 4 members (excludes halogenated alkanes) is 1. The summed E-state index contributed by atoms with van der Waals surface area (Å²) in [5, 5.41) is 2.90. The summed E-state index contributed by atoms with van der Waals surface area (Å²) in [7, 11) is -2.72. The number of nitrogens with zero attached hydrogens (tertiary/aromatic N) is 2. The van der Waals surface area contributed by atoms with E-state index >= 15 is 0 Å². The number of amides is 2. The lowest BCUT2D eigenvalue weighted by Gasteiger charge is -2.32. The second-order valence-corrected chi connectivity index (χ2v) is 11.6. The molecule has 0 aromatic heterocycles. The molecule has 3 aromatic carbocycles. The van der Waals surface area contributed by atoms with Crippen LogP contribution in [0.25, 0.3) is 0 Å². The summed E-state index contributed by atoms with van der Waals surface area (Å²) < 4.78 is 34.5. The number of methoxy groups -OCH3 is 1. The van der Waals surface area contributed by atoms with Crippen molar-refractivity contribution in [3.63, 3.8) is 0 Å². The van der Waals surface area contributed by atoms with E-state index in [1.54, 1.807) is 43.3 Å². The molecule has 214 valence electrons. The van der Waals surface area contributed by atoms with Crippen LogP contribution < -0.4 is 14.4 Å². The van der Waals surface area contributed by atoms with Crippen LogP contribution in [0.2, 0.25) is 0 Å². The Balaban J connectivity index is 2.05. The SMILES string of the molecule is CCCCNC(=O)[C@H](C)N(Cc1ccccc1C)C(=O)CN(c1ccccc1OC)S(=O)(=O)c1ccc(C)cc1. The van der Waals surface area contributed by atoms with Crippen molar-refractivity contribution in [2.75, 3.05) is 24.5 Å². The van der Waals surface area contributed by atoms with Gasteiger partial charge in [-0.3, -0.25) is 13.9 Å². The lowest BCUT2D eigenvalue weighted by Crippen LogP contribution is -2.51. The molecule has 8 nitrogen and oxygen atoms in total. The highest BCUT2D eigenvalue weighted by Gasteiger charge is 2.33. The number of carbonyl (C=O) groups excluding carboxylic acids is 2. The van der Waals surface area contributed by atoms with Crippen molar-refractivity contribution in [3.8, 4) is 5.75 Å². The molecule has 1 N–H and O–H groups in total. The van der Waals surface area contributed by atoms with Crippen LogP contribution in [0.15, 0.2) is 77.7 Å². The molecule has 0 aliphatic carbocycles. The van der Waals surface area contributed by atoms with Gasteiger partial charge in [0.2, 0.25) is 11.8 Å². The summed E-state index contributed by atoms with van der Waals surface area (Å²) in [6.45, 7) is 7.64. The van der Waals surface area contributed by atoms with Crippen LogP contribution in [0.1, 0.15) is 43.4 Å². The average molecular weight is 566 g/mol. The zero-order valence-corrected chi connectivity index (χ0v) is 24.7. The molecule has 0 aliphatic heterocycles. The lowest BCUT2D eigenvalue weighted by atomic mass is 10.1. The van der Waals surface area contributed by atoms with Gasteiger partial charge in [-0.15, -0.1) is 0 Å². The van der Waals surface area contributed by atoms with Crippen LogP contribution in [-0.2, 0) is 26.2 Å². The number of nitrogens with one attached hydrogen (secondary N) is 1. The van der Waals surface area contributed by atoms with Crippen molar-refractivity contribution in [2.24, 2.45) is 0 Å². The van der Waals surface area contributed by atoms with Gasteiger partial charge in [0.1, 0.15) is 18.3 Å². The summed E-state index contributed by atoms with van der Waals surface area (Å²) in [4.78, 5) is 28.6. The largest absolute Gasteiger partial charge is 0.495 e. The third-order valence-corrected chi connectivity index (χ3v) is 8.61. The van der Waals surface area contributed by atoms with Crippen molar-refractivity contribution in [1.82, 2.24) is 10.2 Å². The summed E-state index contributed by atoms with van der Waals surface area (Å²) in [6.07, 6.45) is 1.74. The highest BCUT2D eigenvalue weighted by atomic mass is 32.2. The maximum absolute atomic E-state index is 14.0. The molecule has 0 saturated heterocycles. The predicted molar refractivity (Wildman–Crippen MR) is 158 cm³/mol. The second kappa shape index (κ2) is 14.0. The fraction of sp³-hybridized carbons (Fsp3) is 0.355. The zero-order chi connectivity index (χ0) is 29.3. The summed E-state index contributed by atoms with van der Waals surface area (Å²) in [5.74, 6) is -0.495. The molecular weight excluding hydrogens is 526 g/mol. The number of anilines is 1. The quantitative estimate of drug-likeness (QED) is 0.299. The molecule has 0 unspecified atom stereocenters. The Hall–Kier alpha value is -3.85. The first-order valence-corrected chi connectivity index (χ1v) is 14.9. The molecule has 0 spiro atoms. The van der Waals surface area contributed by atoms with E-state index in [1.165, 1.54) is 24.1 Å². The number of para-hydroxylation sites is 2. The number of carbonyl (C=O) groups is 2. The molecular formula is C31H39N3O5S. The van der Waals surface area contributed by atoms with E-state index in [2.05, 4.69) is 5.32 Å². The zero-order valence-electron chi connectivity index (χ0n) is 23.9. The number of hydrogen-bond acceptors (Lipinski definition) is 5. The van der Waals surface area contributed by atoms with E-state index in [4.69, 9.17) is 4.74 Å². The Morgan fingerprint density at radius 3 is 2.25 bits per heavy atom. The highest BCUT2D eigenvalue weighted by Crippen LogP contribution is 2.32. The lowest BCUT2D eigenvalue weighted by molar-refractivity contribution is -0.139. The number of benzene rings is 3. The van der Waals surface area contributed by atoms with Crippen LogP contribution >= 0.6 is 0 Å². The number of aryl methyl sites for hydroxylation is 2. The van der Waals surface area contributed by atoms with E-state index in [-0.39, 0.29) is 23.0 Å². The minimum absolute atomic E-state index is 0.0487. The van der Waals surface area contributed by atoms with Gasteiger partial charge in [0.15, 0.2) is 0 Å². The van der Waals surface area contributed by atoms with E-state index in [0.717, 1.165) is 33.8 Å². The second-order valence-electron chi connectivity index (χ2n) is 9.77. The minimum Gasteiger partial charge on any atom is -0.495 e. The molecule has 0 aliphatic rings. The highest BCUT2D eigenvalue weighted by molar-refractivity contribution is 7.92. The maximum Gasteiger partial charge on any atom is 0.264 e. The van der Waals surface area contributed by atoms with Crippen molar-refractivity contribution >= 4 is 27.5 Å². The van der Waals surface area contributed by atoms with Gasteiger partial charge in [-0.25, -0.2) is 8.42 Å². The molecule has 0 bridgehead atoms. The van der Waals surface area contributed by atoms with E-state index < -0.39 is 28.5 Å². The van der Waals surface area contributed by atoms with Gasteiger partial charge in [-0.1, -0.05) is 67.4 Å². The molecule has 2 amide bonds. The Bertz CT molecular complexity index is 1410. The number of hydrogen-bond donors (Lipinski definition) is 1. The third kappa shape index (κ3) is 7.41. The molecule has 1 atom stereocenters. The predicted octanol–water partition coefficient (Wildman–Crippen LogP) is 4.84. The molecule has 0 fully saturated rings. The molecule has 40 heavy (non-hydrogen) atoms. The van der Waals surface area contributed by atoms with Gasteiger partial charge in [-0.2, -0.15) is 0 Å². The van der Waals surface area contributed by atoms with Crippen LogP contribution in [0, 0.1) is 13.8 Å². The van der Waals surface area contributed by atoms with Crippen LogP contribution in [0.3, 0.4) is 0 Å². The molecule has 0 heterocycles. The molecule has 3 rings (SSSR count). The molecule has 0 saturated carbocycles. The average Bonchev–Trinajstić information content (AvgIpc) is 2.95. The van der Waals surface area contributed by atoms with Gasteiger partial charge in [0.05, 0.1) is 17.7 Å². The summed E-state index contributed by atoms with van der Waals surface area (Å²) in [5.41, 5.74) is 2.98. The number of sulfonamides is 1. The van der Waals surface area contributed by atoms with Gasteiger partial charge in [0, 0.05) is 13.1 Å². The standard InChI is InChI=1S/C31H39N3O5S/c1-6-7-20-32-31(36)25(4)33(21-26-13-9-8-12-24(26)3)30(35)22-34(28-14-10-11-15-29(28)39-5)40(37,38)27-18-16-23(2)17-19-27/h8-19,25H,6-7,20-22H2,1-5H3,(H,32,36)/t25-/m0/s1. The Morgan fingerprint density at radius 1 is 0.950 bits per heavy atom. The first-order valence-electron chi connectivity index (χ1n) is 13.4. The van der Waals surface area contributed by atoms with Crippen molar-refractivity contribution in [2.45, 2.75) is 58.0 Å². The van der Waals surface area contributed by atoms with Gasteiger partial charge in [-0.05, 0) is 62.6 Å². The Kier molecular flexibility index (Phi) is 10.7. The molecule has 9 heteroatoms. The van der Waals surface area contributed by atoms with E-state index in [1.807, 2.05) is 45.0 Å². The van der Waals surface area contributed by atoms with Crippen molar-refractivity contribution in [3.05, 3.63) is 89.5 Å². The maximum atomic E-state index is 14.0. The Morgan fingerprint density at radius 2 is 1.60 bits per heavy atom. The minimum atomic E-state index is -4.17. The fourth-order valence-corrected chi connectivity index (χ4v) is 5.70. The molecule has 3 aromatic rings. The first-order chi connectivity index (χ1) is 19.1. The first kappa shape index (κ1) is 30.7. The van der Waals surface area contributed by atoms with Crippen LogP contribution in [0.4, 0.5) is 5.69 Å². The van der Waals surface area contributed by atoms with Gasteiger partial charge < -0.3 is 15.0 Å². The van der Waals surface area contributed by atoms with Crippen molar-refractivity contribution < 1.29 is 22.7 Å². The fourth-order valence-electron chi connectivity index (χ4n) is 4.28. The third-order valence-electron chi connectivity index (χ3n) is 6.84. The van der Waals surface area contributed by atoms with Crippen LogP contribution in [0.5, 0.6) is 5.75 Å². The number of ether oxygens (including phenoxy) is 1. The van der Waals surface area contributed by atoms with Gasteiger partial charge >= 0.3 is 0 Å². The monoisotopic (exact) mass is 565 g/mol. The smallest absolute Gasteiger partial charge is 0.264 e. The normalized spacial score (nSPS) is 11.9. The number of rotatable bonds is 13. The van der Waals surface area contributed by atoms with Gasteiger partial charge in [0.25, 0.3) is 10.0 Å².